The molecule has 52 heavy (non-hydrogen) atoms. The fourth-order valence-electron chi connectivity index (χ4n) is 3.71. The van der Waals surface area contributed by atoms with Crippen LogP contribution in [-0.2, 0) is 69.1 Å². The SMILES string of the molecule is Nc1c(N=Nc2ccc(S(=O)(=O)CCOS(=O)(=O)O)cc2S(=O)(=O)O)cc(S(=O)(=O)O)c(N)c1N=Nc1ccc(S(=O)(=O)CCOS(=O)(=O)O)cc1. The topological polar surface area (TPSA) is 406 Å². The lowest BCUT2D eigenvalue weighted by Crippen LogP contribution is -2.16. The molecule has 0 saturated carbocycles. The largest absolute Gasteiger partial charge is 0.397 e. The molecule has 0 saturated heterocycles. The van der Waals surface area contributed by atoms with E-state index in [-0.39, 0.29) is 10.6 Å². The Balaban J connectivity index is 2.03. The molecule has 0 aliphatic carbocycles. The summed E-state index contributed by atoms with van der Waals surface area (Å²) in [5.74, 6) is -1.92. The minimum absolute atomic E-state index is 0.0928. The number of azo groups is 2. The highest BCUT2D eigenvalue weighted by atomic mass is 32.3. The van der Waals surface area contributed by atoms with E-state index in [1.807, 2.05) is 0 Å². The lowest BCUT2D eigenvalue weighted by atomic mass is 10.2. The number of benzene rings is 3. The van der Waals surface area contributed by atoms with E-state index in [1.165, 1.54) is 0 Å². The zero-order valence-electron chi connectivity index (χ0n) is 25.3. The standard InChI is InChI=1S/C22H24N6O18S6/c23-20-17(27-26-16-6-5-15(11-18(16)49(33,34)35)48(31,32)10-8-46-52(42,43)44)12-19(50(36,37)38)21(24)22(20)28-25-13-1-3-14(4-2-13)47(29,30)9-7-45-51(39,40)41/h1-6,11-12H,7-10,23-24H2,(H,33,34,35)(H,36,37,38)(H,39,40,41)(H,42,43,44). The summed E-state index contributed by atoms with van der Waals surface area (Å²) in [5.41, 5.74) is 8.39. The normalized spacial score (nSPS) is 13.6. The number of nitrogens with two attached hydrogens (primary N) is 2. The molecule has 0 aromatic heterocycles. The Labute approximate surface area is 295 Å². The monoisotopic (exact) mass is 852 g/mol. The predicted molar refractivity (Wildman–Crippen MR) is 175 cm³/mol. The number of sulfone groups is 2. The molecule has 0 unspecified atom stereocenters. The molecule has 0 fully saturated rings. The van der Waals surface area contributed by atoms with Gasteiger partial charge in [-0.25, -0.2) is 25.2 Å². The number of nitrogens with zero attached hydrogens (tertiary/aromatic N) is 4. The third-order valence-corrected chi connectivity index (χ3v) is 12.1. The summed E-state index contributed by atoms with van der Waals surface area (Å²) in [4.78, 5) is -3.31. The molecule has 0 heterocycles. The van der Waals surface area contributed by atoms with Crippen LogP contribution in [0.4, 0.5) is 34.1 Å². The summed E-state index contributed by atoms with van der Waals surface area (Å²) in [6.07, 6.45) is 0. The van der Waals surface area contributed by atoms with Crippen LogP contribution in [0, 0.1) is 0 Å². The maximum absolute atomic E-state index is 12.6. The van der Waals surface area contributed by atoms with Gasteiger partial charge in [0.15, 0.2) is 19.7 Å². The molecule has 24 nitrogen and oxygen atoms in total. The van der Waals surface area contributed by atoms with Crippen LogP contribution < -0.4 is 11.5 Å². The highest BCUT2D eigenvalue weighted by molar-refractivity contribution is 7.92. The van der Waals surface area contributed by atoms with E-state index in [9.17, 15) is 59.6 Å². The van der Waals surface area contributed by atoms with Crippen LogP contribution >= 0.6 is 0 Å². The van der Waals surface area contributed by atoms with Gasteiger partial charge >= 0.3 is 20.8 Å². The Bertz CT molecular complexity index is 2610. The van der Waals surface area contributed by atoms with E-state index in [0.29, 0.717) is 12.1 Å². The third-order valence-electron chi connectivity index (χ3n) is 6.06. The first-order chi connectivity index (χ1) is 23.6. The van der Waals surface area contributed by atoms with Crippen LogP contribution in [0.2, 0.25) is 0 Å². The first-order valence-corrected chi connectivity index (χ1v) is 22.0. The summed E-state index contributed by atoms with van der Waals surface area (Å²) in [6.45, 7) is -1.96. The van der Waals surface area contributed by atoms with Gasteiger partial charge in [0, 0.05) is 0 Å². The van der Waals surface area contributed by atoms with Crippen LogP contribution in [0.5, 0.6) is 0 Å². The Morgan fingerprint density at radius 1 is 0.519 bits per heavy atom. The van der Waals surface area contributed by atoms with Gasteiger partial charge in [-0.2, -0.15) is 38.8 Å². The average molecular weight is 853 g/mol. The first kappa shape index (κ1) is 42.3. The molecule has 3 rings (SSSR count). The van der Waals surface area contributed by atoms with Gasteiger partial charge in [-0.15, -0.1) is 15.3 Å². The molecule has 0 aliphatic heterocycles. The second-order valence-electron chi connectivity index (χ2n) is 9.68. The van der Waals surface area contributed by atoms with Crippen LogP contribution in [0.3, 0.4) is 0 Å². The second-order valence-corrected chi connectivity index (χ2v) is 18.9. The van der Waals surface area contributed by atoms with Crippen molar-refractivity contribution in [3.05, 3.63) is 48.5 Å². The first-order valence-electron chi connectivity index (χ1n) is 13.0. The number of rotatable bonds is 16. The maximum Gasteiger partial charge on any atom is 0.397 e. The van der Waals surface area contributed by atoms with Crippen molar-refractivity contribution in [3.63, 3.8) is 0 Å². The average Bonchev–Trinajstić information content (AvgIpc) is 2.98. The molecule has 0 atom stereocenters. The van der Waals surface area contributed by atoms with Crippen LogP contribution in [0.15, 0.2) is 88.6 Å². The lowest BCUT2D eigenvalue weighted by molar-refractivity contribution is 0.282. The fourth-order valence-corrected chi connectivity index (χ4v) is 8.07. The summed E-state index contributed by atoms with van der Waals surface area (Å²) >= 11 is 0. The van der Waals surface area contributed by atoms with Gasteiger partial charge in [0.1, 0.15) is 26.9 Å². The van der Waals surface area contributed by atoms with Gasteiger partial charge in [-0.3, -0.25) is 18.2 Å². The number of hydrogen-bond donors (Lipinski definition) is 6. The Hall–Kier alpha value is -4.08. The summed E-state index contributed by atoms with van der Waals surface area (Å²) in [7, 11) is -28.9. The summed E-state index contributed by atoms with van der Waals surface area (Å²) in [6, 6.07) is 6.76. The highest BCUT2D eigenvalue weighted by Crippen LogP contribution is 2.43. The Kier molecular flexibility index (Phi) is 12.6. The molecule has 286 valence electrons. The zero-order chi connectivity index (χ0) is 39.5. The second kappa shape index (κ2) is 15.5. The van der Waals surface area contributed by atoms with Crippen molar-refractivity contribution in [2.45, 2.75) is 19.6 Å². The molecule has 0 bridgehead atoms. The summed E-state index contributed by atoms with van der Waals surface area (Å²) in [5, 5.41) is 14.7. The zero-order valence-corrected chi connectivity index (χ0v) is 30.2. The molecule has 3 aromatic rings. The Morgan fingerprint density at radius 3 is 1.46 bits per heavy atom. The predicted octanol–water partition coefficient (Wildman–Crippen LogP) is 1.36. The molecule has 30 heteroatoms. The number of anilines is 2. The van der Waals surface area contributed by atoms with Crippen molar-refractivity contribution < 1.29 is 77.1 Å². The van der Waals surface area contributed by atoms with Gasteiger partial charge in [-0.05, 0) is 48.5 Å². The van der Waals surface area contributed by atoms with Crippen molar-refractivity contribution in [1.29, 1.82) is 0 Å². The lowest BCUT2D eigenvalue weighted by Gasteiger charge is -2.11. The van der Waals surface area contributed by atoms with Crippen molar-refractivity contribution in [2.75, 3.05) is 36.2 Å². The van der Waals surface area contributed by atoms with Crippen LogP contribution in [0.25, 0.3) is 0 Å². The summed E-state index contributed by atoms with van der Waals surface area (Å²) < 4.78 is 185. The fraction of sp³-hybridized carbons (Fsp3) is 0.182. The van der Waals surface area contributed by atoms with Crippen molar-refractivity contribution in [1.82, 2.24) is 0 Å². The molecule has 8 N–H and O–H groups in total. The van der Waals surface area contributed by atoms with Gasteiger partial charge in [-0.1, -0.05) is 0 Å². The smallest absolute Gasteiger partial charge is 0.396 e. The van der Waals surface area contributed by atoms with E-state index in [2.05, 4.69) is 28.8 Å². The van der Waals surface area contributed by atoms with E-state index in [0.717, 1.165) is 36.4 Å². The van der Waals surface area contributed by atoms with Gasteiger partial charge < -0.3 is 11.5 Å². The minimum Gasteiger partial charge on any atom is -0.396 e. The molecule has 0 radical (unpaired) electrons. The van der Waals surface area contributed by atoms with Crippen LogP contribution in [-0.4, -0.2) is 93.4 Å². The van der Waals surface area contributed by atoms with Gasteiger partial charge in [0.2, 0.25) is 0 Å². The molecular weight excluding hydrogens is 829 g/mol. The minimum atomic E-state index is -5.27. The highest BCUT2D eigenvalue weighted by Gasteiger charge is 2.25. The third kappa shape index (κ3) is 11.7. The van der Waals surface area contributed by atoms with Crippen LogP contribution in [0.1, 0.15) is 0 Å². The van der Waals surface area contributed by atoms with Gasteiger partial charge in [0.05, 0.1) is 51.6 Å². The Morgan fingerprint density at radius 2 is 0.981 bits per heavy atom. The van der Waals surface area contributed by atoms with Crippen molar-refractivity contribution in [2.24, 2.45) is 20.5 Å². The molecule has 0 aliphatic rings. The van der Waals surface area contributed by atoms with E-state index in [4.69, 9.17) is 20.6 Å². The van der Waals surface area contributed by atoms with Crippen molar-refractivity contribution >= 4 is 94.8 Å². The molecule has 0 spiro atoms. The molecule has 3 aromatic carbocycles. The number of nitrogen functional groups attached to an aromatic ring is 2. The van der Waals surface area contributed by atoms with Gasteiger partial charge in [0.25, 0.3) is 20.2 Å². The quantitative estimate of drug-likeness (QED) is 0.0673. The molecule has 0 amide bonds. The van der Waals surface area contributed by atoms with E-state index >= 15 is 0 Å². The number of hydrogen-bond acceptors (Lipinski definition) is 20. The maximum atomic E-state index is 12.6. The van der Waals surface area contributed by atoms with E-state index in [1.54, 1.807) is 0 Å². The van der Waals surface area contributed by atoms with Crippen molar-refractivity contribution in [3.8, 4) is 0 Å². The van der Waals surface area contributed by atoms with E-state index < -0.39 is 129 Å². The molecular formula is C22H24N6O18S6.